The summed E-state index contributed by atoms with van der Waals surface area (Å²) < 4.78 is 5.44. The van der Waals surface area contributed by atoms with Crippen LogP contribution in [0.3, 0.4) is 0 Å². The Kier molecular flexibility index (Phi) is 8.00. The van der Waals surface area contributed by atoms with Gasteiger partial charge in [0.05, 0.1) is 13.2 Å². The number of benzene rings is 2. The minimum Gasteiger partial charge on any atom is -0.379 e. The van der Waals surface area contributed by atoms with E-state index in [9.17, 15) is 19.2 Å². The third-order valence-corrected chi connectivity index (χ3v) is 7.90. The molecule has 0 radical (unpaired) electrons. The predicted molar refractivity (Wildman–Crippen MR) is 142 cm³/mol. The topological polar surface area (TPSA) is 96.0 Å². The minimum absolute atomic E-state index is 0.180. The van der Waals surface area contributed by atoms with Gasteiger partial charge in [0.25, 0.3) is 5.91 Å². The molecule has 38 heavy (non-hydrogen) atoms. The number of morpholine rings is 1. The highest BCUT2D eigenvalue weighted by Gasteiger charge is 2.39. The monoisotopic (exact) mass is 517 g/mol. The number of aryl methyl sites for hydroxylation is 2. The Morgan fingerprint density at radius 1 is 1.03 bits per heavy atom. The normalized spacial score (nSPS) is 20.0. The van der Waals surface area contributed by atoms with Crippen molar-refractivity contribution in [3.63, 3.8) is 0 Å². The van der Waals surface area contributed by atoms with Crippen LogP contribution in [0.4, 0.5) is 0 Å². The molecule has 0 aliphatic carbocycles. The minimum atomic E-state index is -0.620. The van der Waals surface area contributed by atoms with E-state index in [0.29, 0.717) is 37.8 Å². The third kappa shape index (κ3) is 6.03. The SMILES string of the molecule is Cc1ccc(CC(=O)CCc2ccc3c(c2)CN(C2CCC(=O)NC2=O)C3=O)cc1CCN1CCOCC1. The number of ketones is 1. The molecule has 1 N–H and O–H groups in total. The maximum Gasteiger partial charge on any atom is 0.255 e. The number of Topliss-reactive ketones (excluding diaryl/α,β-unsaturated/α-hetero) is 1. The number of nitrogens with one attached hydrogen (secondary N) is 1. The number of carbonyl (C=O) groups is 4. The van der Waals surface area contributed by atoms with Crippen molar-refractivity contribution in [1.82, 2.24) is 15.1 Å². The number of ether oxygens (including phenoxy) is 1. The van der Waals surface area contributed by atoms with Crippen LogP contribution in [0.1, 0.15) is 57.4 Å². The molecule has 1 unspecified atom stereocenters. The van der Waals surface area contributed by atoms with E-state index in [1.807, 2.05) is 12.1 Å². The highest BCUT2D eigenvalue weighted by molar-refractivity contribution is 6.05. The van der Waals surface area contributed by atoms with Gasteiger partial charge in [0.15, 0.2) is 0 Å². The molecule has 2 saturated heterocycles. The average Bonchev–Trinajstić information content (AvgIpc) is 3.23. The zero-order valence-electron chi connectivity index (χ0n) is 22.0. The Bertz CT molecular complexity index is 1250. The molecule has 3 aliphatic rings. The highest BCUT2D eigenvalue weighted by atomic mass is 16.5. The Hall–Kier alpha value is -3.36. The second kappa shape index (κ2) is 11.6. The number of imide groups is 1. The van der Waals surface area contributed by atoms with Gasteiger partial charge in [-0.25, -0.2) is 0 Å². The Balaban J connectivity index is 1.15. The van der Waals surface area contributed by atoms with Crippen molar-refractivity contribution in [2.24, 2.45) is 0 Å². The number of amides is 3. The van der Waals surface area contributed by atoms with Gasteiger partial charge in [-0.2, -0.15) is 0 Å². The summed E-state index contributed by atoms with van der Waals surface area (Å²) in [6.07, 6.45) is 3.00. The number of fused-ring (bicyclic) bond motifs is 1. The smallest absolute Gasteiger partial charge is 0.255 e. The van der Waals surface area contributed by atoms with Crippen LogP contribution in [0.15, 0.2) is 36.4 Å². The molecule has 3 aliphatic heterocycles. The summed E-state index contributed by atoms with van der Waals surface area (Å²) in [7, 11) is 0. The summed E-state index contributed by atoms with van der Waals surface area (Å²) in [6.45, 7) is 7.02. The van der Waals surface area contributed by atoms with E-state index in [1.54, 1.807) is 11.0 Å². The number of piperidine rings is 1. The Morgan fingerprint density at radius 2 is 1.82 bits per heavy atom. The van der Waals surface area contributed by atoms with Gasteiger partial charge in [-0.15, -0.1) is 0 Å². The largest absolute Gasteiger partial charge is 0.379 e. The van der Waals surface area contributed by atoms with E-state index in [2.05, 4.69) is 35.3 Å². The second-order valence-electron chi connectivity index (χ2n) is 10.6. The van der Waals surface area contributed by atoms with Crippen molar-refractivity contribution in [3.05, 3.63) is 69.8 Å². The van der Waals surface area contributed by atoms with Crippen LogP contribution in [0.5, 0.6) is 0 Å². The van der Waals surface area contributed by atoms with Crippen molar-refractivity contribution in [2.75, 3.05) is 32.8 Å². The molecule has 8 heteroatoms. The lowest BCUT2D eigenvalue weighted by atomic mass is 9.97. The molecule has 0 saturated carbocycles. The molecule has 1 atom stereocenters. The average molecular weight is 518 g/mol. The molecule has 0 bridgehead atoms. The summed E-state index contributed by atoms with van der Waals surface area (Å²) in [5.41, 5.74) is 6.07. The van der Waals surface area contributed by atoms with Crippen molar-refractivity contribution in [2.45, 2.75) is 58.0 Å². The number of carbonyl (C=O) groups excluding carboxylic acids is 4. The van der Waals surface area contributed by atoms with Crippen molar-refractivity contribution >= 4 is 23.5 Å². The van der Waals surface area contributed by atoms with E-state index < -0.39 is 11.9 Å². The maximum absolute atomic E-state index is 12.9. The molecule has 3 heterocycles. The van der Waals surface area contributed by atoms with Crippen LogP contribution in [0.25, 0.3) is 0 Å². The summed E-state index contributed by atoms with van der Waals surface area (Å²) in [6, 6.07) is 11.4. The van der Waals surface area contributed by atoms with Gasteiger partial charge in [0.1, 0.15) is 11.8 Å². The van der Waals surface area contributed by atoms with Crippen LogP contribution >= 0.6 is 0 Å². The second-order valence-corrected chi connectivity index (χ2v) is 10.6. The first kappa shape index (κ1) is 26.3. The zero-order valence-corrected chi connectivity index (χ0v) is 22.0. The van der Waals surface area contributed by atoms with Gasteiger partial charge in [-0.1, -0.05) is 30.3 Å². The van der Waals surface area contributed by atoms with Gasteiger partial charge in [-0.05, 0) is 60.1 Å². The van der Waals surface area contributed by atoms with Gasteiger partial charge in [0.2, 0.25) is 11.8 Å². The van der Waals surface area contributed by atoms with Gasteiger partial charge in [0, 0.05) is 51.0 Å². The van der Waals surface area contributed by atoms with Crippen LogP contribution in [0, 0.1) is 6.92 Å². The molecule has 3 amide bonds. The van der Waals surface area contributed by atoms with Crippen LogP contribution in [0.2, 0.25) is 0 Å². The number of hydrogen-bond acceptors (Lipinski definition) is 6. The van der Waals surface area contributed by atoms with Crippen molar-refractivity contribution in [3.8, 4) is 0 Å². The van der Waals surface area contributed by atoms with Gasteiger partial charge >= 0.3 is 0 Å². The standard InChI is InChI=1S/C30H35N3O5/c1-20-2-3-22(17-23(20)10-11-32-12-14-38-15-13-32)18-25(34)6-4-21-5-7-26-24(16-21)19-33(30(26)37)27-8-9-28(35)31-29(27)36/h2-3,5,7,16-17,27H,4,6,8-15,18-19H2,1H3,(H,31,35,36). The van der Waals surface area contributed by atoms with E-state index in [1.165, 1.54) is 11.1 Å². The zero-order chi connectivity index (χ0) is 26.6. The van der Waals surface area contributed by atoms with Crippen molar-refractivity contribution < 1.29 is 23.9 Å². The molecule has 0 spiro atoms. The quantitative estimate of drug-likeness (QED) is 0.513. The Morgan fingerprint density at radius 3 is 2.61 bits per heavy atom. The number of nitrogens with zero attached hydrogens (tertiary/aromatic N) is 2. The summed E-state index contributed by atoms with van der Waals surface area (Å²) in [5.74, 6) is -0.693. The molecule has 200 valence electrons. The van der Waals surface area contributed by atoms with E-state index in [4.69, 9.17) is 4.74 Å². The lowest BCUT2D eigenvalue weighted by Crippen LogP contribution is -2.52. The van der Waals surface area contributed by atoms with Crippen LogP contribution in [-0.4, -0.2) is 72.2 Å². The maximum atomic E-state index is 12.9. The molecule has 0 aromatic heterocycles. The lowest BCUT2D eigenvalue weighted by Gasteiger charge is -2.29. The molecule has 5 rings (SSSR count). The Labute approximate surface area is 223 Å². The molecular formula is C30H35N3O5. The fourth-order valence-electron chi connectivity index (χ4n) is 5.59. The van der Waals surface area contributed by atoms with Crippen LogP contribution in [-0.2, 0) is 44.9 Å². The van der Waals surface area contributed by atoms with E-state index in [0.717, 1.165) is 56.0 Å². The summed E-state index contributed by atoms with van der Waals surface area (Å²) >= 11 is 0. The fraction of sp³-hybridized carbons (Fsp3) is 0.467. The fourth-order valence-corrected chi connectivity index (χ4v) is 5.59. The molecule has 2 aromatic carbocycles. The molecule has 2 fully saturated rings. The van der Waals surface area contributed by atoms with E-state index >= 15 is 0 Å². The first-order chi connectivity index (χ1) is 18.4. The molecular weight excluding hydrogens is 482 g/mol. The molecule has 2 aromatic rings. The first-order valence-corrected chi connectivity index (χ1v) is 13.5. The van der Waals surface area contributed by atoms with E-state index in [-0.39, 0.29) is 24.0 Å². The summed E-state index contributed by atoms with van der Waals surface area (Å²) in [4.78, 5) is 53.4. The number of rotatable bonds is 9. The third-order valence-electron chi connectivity index (χ3n) is 7.90. The summed E-state index contributed by atoms with van der Waals surface area (Å²) in [5, 5.41) is 2.33. The van der Waals surface area contributed by atoms with Crippen LogP contribution < -0.4 is 5.32 Å². The number of hydrogen-bond donors (Lipinski definition) is 1. The predicted octanol–water partition coefficient (Wildman–Crippen LogP) is 2.38. The first-order valence-electron chi connectivity index (χ1n) is 13.5. The van der Waals surface area contributed by atoms with Gasteiger partial charge < -0.3 is 9.64 Å². The highest BCUT2D eigenvalue weighted by Crippen LogP contribution is 2.28. The molecule has 8 nitrogen and oxygen atoms in total. The van der Waals surface area contributed by atoms with Crippen molar-refractivity contribution in [1.29, 1.82) is 0 Å². The lowest BCUT2D eigenvalue weighted by molar-refractivity contribution is -0.137. The van der Waals surface area contributed by atoms with Gasteiger partial charge in [-0.3, -0.25) is 29.4 Å².